The summed E-state index contributed by atoms with van der Waals surface area (Å²) in [5, 5.41) is 9.25. The molecule has 0 unspecified atom stereocenters. The highest BCUT2D eigenvalue weighted by Crippen LogP contribution is 2.32. The summed E-state index contributed by atoms with van der Waals surface area (Å²) in [6.45, 7) is 0. The zero-order valence-corrected chi connectivity index (χ0v) is 10.2. The van der Waals surface area contributed by atoms with Gasteiger partial charge in [0.1, 0.15) is 5.82 Å². The van der Waals surface area contributed by atoms with E-state index in [0.29, 0.717) is 17.2 Å². The van der Waals surface area contributed by atoms with E-state index in [0.717, 1.165) is 0 Å². The number of hydrogen-bond acceptors (Lipinski definition) is 3. The second-order valence-corrected chi connectivity index (χ2v) is 4.22. The predicted molar refractivity (Wildman–Crippen MR) is 65.5 cm³/mol. The van der Waals surface area contributed by atoms with Crippen molar-refractivity contribution in [2.75, 3.05) is 0 Å². The SMILES string of the molecule is Cn1c(-c2cc(F)c(F)c(O)c2F)nc2ncccc21. The summed E-state index contributed by atoms with van der Waals surface area (Å²) < 4.78 is 41.8. The number of phenolic OH excluding ortho intramolecular Hbond substituents is 1. The molecule has 20 heavy (non-hydrogen) atoms. The minimum atomic E-state index is -1.62. The minimum absolute atomic E-state index is 0.0467. The van der Waals surface area contributed by atoms with E-state index in [1.807, 2.05) is 0 Å². The molecular formula is C13H8F3N3O. The maximum atomic E-state index is 13.9. The summed E-state index contributed by atoms with van der Waals surface area (Å²) in [6, 6.07) is 4.04. The Balaban J connectivity index is 2.34. The van der Waals surface area contributed by atoms with Crippen molar-refractivity contribution in [2.45, 2.75) is 0 Å². The Hall–Kier alpha value is -2.57. The Kier molecular flexibility index (Phi) is 2.63. The number of aryl methyl sites for hydroxylation is 1. The predicted octanol–water partition coefficient (Wildman–Crippen LogP) is 2.76. The third-order valence-electron chi connectivity index (χ3n) is 3.03. The summed E-state index contributed by atoms with van der Waals surface area (Å²) in [4.78, 5) is 8.06. The molecule has 102 valence electrons. The number of fused-ring (bicyclic) bond motifs is 1. The first-order valence-electron chi connectivity index (χ1n) is 5.65. The zero-order chi connectivity index (χ0) is 14.4. The summed E-state index contributed by atoms with van der Waals surface area (Å²) in [5.74, 6) is -5.55. The number of benzene rings is 1. The molecule has 3 rings (SSSR count). The molecule has 7 heteroatoms. The van der Waals surface area contributed by atoms with Gasteiger partial charge in [-0.15, -0.1) is 0 Å². The molecule has 1 aromatic carbocycles. The molecule has 0 saturated heterocycles. The van der Waals surface area contributed by atoms with Crippen molar-refractivity contribution in [1.29, 1.82) is 0 Å². The Morgan fingerprint density at radius 1 is 1.20 bits per heavy atom. The summed E-state index contributed by atoms with van der Waals surface area (Å²) >= 11 is 0. The average Bonchev–Trinajstić information content (AvgIpc) is 2.78. The van der Waals surface area contributed by atoms with Crippen molar-refractivity contribution in [3.05, 3.63) is 41.8 Å². The van der Waals surface area contributed by atoms with Gasteiger partial charge in [0, 0.05) is 13.2 Å². The number of pyridine rings is 1. The number of halogens is 3. The molecule has 0 spiro atoms. The van der Waals surface area contributed by atoms with Crippen LogP contribution in [0.5, 0.6) is 5.75 Å². The average molecular weight is 279 g/mol. The monoisotopic (exact) mass is 279 g/mol. The molecular weight excluding hydrogens is 271 g/mol. The number of phenols is 1. The van der Waals surface area contributed by atoms with Crippen LogP contribution in [0.15, 0.2) is 24.4 Å². The van der Waals surface area contributed by atoms with Crippen LogP contribution < -0.4 is 0 Å². The second-order valence-electron chi connectivity index (χ2n) is 4.22. The van der Waals surface area contributed by atoms with Gasteiger partial charge >= 0.3 is 0 Å². The van der Waals surface area contributed by atoms with E-state index in [2.05, 4.69) is 9.97 Å². The number of imidazole rings is 1. The first kappa shape index (κ1) is 12.5. The van der Waals surface area contributed by atoms with Crippen molar-refractivity contribution in [1.82, 2.24) is 14.5 Å². The van der Waals surface area contributed by atoms with Crippen LogP contribution in [0.25, 0.3) is 22.6 Å². The third-order valence-corrected chi connectivity index (χ3v) is 3.03. The molecule has 2 aromatic heterocycles. The minimum Gasteiger partial charge on any atom is -0.503 e. The van der Waals surface area contributed by atoms with Crippen LogP contribution in [-0.2, 0) is 7.05 Å². The van der Waals surface area contributed by atoms with Crippen LogP contribution in [0, 0.1) is 17.5 Å². The molecule has 0 amide bonds. The zero-order valence-electron chi connectivity index (χ0n) is 10.2. The number of hydrogen-bond donors (Lipinski definition) is 1. The van der Waals surface area contributed by atoms with Crippen LogP contribution in [0.3, 0.4) is 0 Å². The highest BCUT2D eigenvalue weighted by atomic mass is 19.2. The van der Waals surface area contributed by atoms with E-state index >= 15 is 0 Å². The number of rotatable bonds is 1. The van der Waals surface area contributed by atoms with E-state index in [-0.39, 0.29) is 11.4 Å². The van der Waals surface area contributed by atoms with Gasteiger partial charge in [-0.05, 0) is 18.2 Å². The third kappa shape index (κ3) is 1.63. The quantitative estimate of drug-likeness (QED) is 0.697. The van der Waals surface area contributed by atoms with Gasteiger partial charge in [-0.3, -0.25) is 0 Å². The number of nitrogens with zero attached hydrogens (tertiary/aromatic N) is 3. The van der Waals surface area contributed by atoms with Crippen LogP contribution in [0.2, 0.25) is 0 Å². The number of aromatic nitrogens is 3. The van der Waals surface area contributed by atoms with Crippen molar-refractivity contribution in [3.63, 3.8) is 0 Å². The van der Waals surface area contributed by atoms with Crippen LogP contribution in [-0.4, -0.2) is 19.6 Å². The largest absolute Gasteiger partial charge is 0.503 e. The molecule has 0 aliphatic heterocycles. The lowest BCUT2D eigenvalue weighted by molar-refractivity contribution is 0.377. The molecule has 0 fully saturated rings. The second kappa shape index (κ2) is 4.22. The standard InChI is InChI=1S/C13H8F3N3O/c1-19-8-3-2-4-17-12(8)18-13(19)6-5-7(14)10(16)11(20)9(6)15/h2-5,20H,1H3. The molecule has 0 aliphatic carbocycles. The molecule has 0 saturated carbocycles. The van der Waals surface area contributed by atoms with Gasteiger partial charge in [-0.1, -0.05) is 0 Å². The number of aromatic hydroxyl groups is 1. The lowest BCUT2D eigenvalue weighted by atomic mass is 10.1. The molecule has 4 nitrogen and oxygen atoms in total. The molecule has 0 bridgehead atoms. The van der Waals surface area contributed by atoms with E-state index < -0.39 is 23.2 Å². The maximum absolute atomic E-state index is 13.9. The Labute approximate surface area is 111 Å². The van der Waals surface area contributed by atoms with Gasteiger partial charge in [0.2, 0.25) is 5.82 Å². The fourth-order valence-corrected chi connectivity index (χ4v) is 2.02. The van der Waals surface area contributed by atoms with Gasteiger partial charge in [-0.25, -0.2) is 18.7 Å². The van der Waals surface area contributed by atoms with E-state index in [9.17, 15) is 18.3 Å². The van der Waals surface area contributed by atoms with Crippen LogP contribution in [0.1, 0.15) is 0 Å². The normalized spacial score (nSPS) is 11.2. The molecule has 0 radical (unpaired) electrons. The van der Waals surface area contributed by atoms with Crippen molar-refractivity contribution in [2.24, 2.45) is 7.05 Å². The molecule has 0 aliphatic rings. The Bertz CT molecular complexity index is 829. The fourth-order valence-electron chi connectivity index (χ4n) is 2.02. The molecule has 3 aromatic rings. The maximum Gasteiger partial charge on any atom is 0.203 e. The van der Waals surface area contributed by atoms with Gasteiger partial charge < -0.3 is 9.67 Å². The van der Waals surface area contributed by atoms with E-state index in [4.69, 9.17) is 0 Å². The summed E-state index contributed by atoms with van der Waals surface area (Å²) in [5.41, 5.74) is 0.613. The highest BCUT2D eigenvalue weighted by molar-refractivity contribution is 5.77. The Morgan fingerprint density at radius 3 is 2.65 bits per heavy atom. The smallest absolute Gasteiger partial charge is 0.203 e. The van der Waals surface area contributed by atoms with Crippen molar-refractivity contribution < 1.29 is 18.3 Å². The van der Waals surface area contributed by atoms with Crippen molar-refractivity contribution >= 4 is 11.2 Å². The molecule has 1 N–H and O–H groups in total. The lowest BCUT2D eigenvalue weighted by Gasteiger charge is -2.06. The lowest BCUT2D eigenvalue weighted by Crippen LogP contribution is -1.98. The van der Waals surface area contributed by atoms with Gasteiger partial charge in [-0.2, -0.15) is 4.39 Å². The van der Waals surface area contributed by atoms with Gasteiger partial charge in [0.05, 0.1) is 11.1 Å². The highest BCUT2D eigenvalue weighted by Gasteiger charge is 2.22. The Morgan fingerprint density at radius 2 is 1.95 bits per heavy atom. The first-order valence-corrected chi connectivity index (χ1v) is 5.65. The fraction of sp³-hybridized carbons (Fsp3) is 0.0769. The van der Waals surface area contributed by atoms with Crippen LogP contribution in [0.4, 0.5) is 13.2 Å². The van der Waals surface area contributed by atoms with Crippen LogP contribution >= 0.6 is 0 Å². The van der Waals surface area contributed by atoms with E-state index in [1.54, 1.807) is 19.2 Å². The van der Waals surface area contributed by atoms with Gasteiger partial charge in [0.15, 0.2) is 23.0 Å². The first-order chi connectivity index (χ1) is 9.50. The van der Waals surface area contributed by atoms with E-state index in [1.165, 1.54) is 10.8 Å². The topological polar surface area (TPSA) is 50.9 Å². The summed E-state index contributed by atoms with van der Waals surface area (Å²) in [6.07, 6.45) is 1.51. The van der Waals surface area contributed by atoms with Gasteiger partial charge in [0.25, 0.3) is 0 Å². The van der Waals surface area contributed by atoms with Crippen molar-refractivity contribution in [3.8, 4) is 17.1 Å². The summed E-state index contributed by atoms with van der Waals surface area (Å²) in [7, 11) is 1.59. The molecule has 0 atom stereocenters. The molecule has 2 heterocycles.